The van der Waals surface area contributed by atoms with Gasteiger partial charge in [0.1, 0.15) is 5.69 Å². The van der Waals surface area contributed by atoms with Crippen LogP contribution in [0.3, 0.4) is 0 Å². The van der Waals surface area contributed by atoms with Crippen molar-refractivity contribution in [3.63, 3.8) is 0 Å². The fraction of sp³-hybridized carbons (Fsp3) is 0.714. The maximum absolute atomic E-state index is 12.1. The van der Waals surface area contributed by atoms with Crippen LogP contribution in [0.4, 0.5) is 5.69 Å². The van der Waals surface area contributed by atoms with Crippen LogP contribution in [-0.2, 0) is 23.1 Å². The lowest BCUT2D eigenvalue weighted by Crippen LogP contribution is -2.41. The average Bonchev–Trinajstić information content (AvgIpc) is 2.53. The Balaban J connectivity index is 2.06. The van der Waals surface area contributed by atoms with Crippen molar-refractivity contribution in [1.82, 2.24) is 9.13 Å². The predicted octanol–water partition coefficient (Wildman–Crippen LogP) is 0.697. The van der Waals surface area contributed by atoms with Crippen molar-refractivity contribution < 1.29 is 14.4 Å². The highest BCUT2D eigenvalue weighted by atomic mass is 16.7. The molecule has 0 aliphatic carbocycles. The molecule has 1 aromatic heterocycles. The van der Waals surface area contributed by atoms with E-state index in [1.807, 2.05) is 0 Å². The summed E-state index contributed by atoms with van der Waals surface area (Å²) in [5.74, 6) is 0. The van der Waals surface area contributed by atoms with E-state index in [9.17, 15) is 19.7 Å². The third-order valence-electron chi connectivity index (χ3n) is 3.96. The third-order valence-corrected chi connectivity index (χ3v) is 3.96. The topological polar surface area (TPSA) is 106 Å². The zero-order chi connectivity index (χ0) is 17.0. The SMILES string of the molecule is Cc1c([N+](=O)[O-])c(=O)n(CCCOC2CCCCO2)c(=O)n1C. The van der Waals surface area contributed by atoms with E-state index in [-0.39, 0.29) is 18.5 Å². The maximum atomic E-state index is 12.1. The zero-order valence-corrected chi connectivity index (χ0v) is 13.3. The van der Waals surface area contributed by atoms with Gasteiger partial charge in [0.25, 0.3) is 0 Å². The molecule has 2 heterocycles. The molecule has 1 saturated heterocycles. The molecule has 2 rings (SSSR count). The first kappa shape index (κ1) is 17.4. The van der Waals surface area contributed by atoms with E-state index in [1.54, 1.807) is 0 Å². The molecule has 1 aliphatic heterocycles. The van der Waals surface area contributed by atoms with Crippen molar-refractivity contribution in [2.45, 2.75) is 45.4 Å². The minimum absolute atomic E-state index is 0.0492. The van der Waals surface area contributed by atoms with Crippen molar-refractivity contribution in [3.8, 4) is 0 Å². The predicted molar refractivity (Wildman–Crippen MR) is 81.5 cm³/mol. The first-order valence-electron chi connectivity index (χ1n) is 7.61. The van der Waals surface area contributed by atoms with E-state index in [4.69, 9.17) is 9.47 Å². The smallest absolute Gasteiger partial charge is 0.353 e. The van der Waals surface area contributed by atoms with Crippen LogP contribution in [0.5, 0.6) is 0 Å². The zero-order valence-electron chi connectivity index (χ0n) is 13.3. The van der Waals surface area contributed by atoms with E-state index in [2.05, 4.69) is 0 Å². The Bertz CT molecular complexity index is 687. The van der Waals surface area contributed by atoms with E-state index in [0.29, 0.717) is 19.6 Å². The second kappa shape index (κ2) is 7.51. The van der Waals surface area contributed by atoms with Gasteiger partial charge in [-0.05, 0) is 32.6 Å². The Morgan fingerprint density at radius 3 is 2.74 bits per heavy atom. The number of rotatable bonds is 6. The number of nitro groups is 1. The second-order valence-electron chi connectivity index (χ2n) is 5.51. The molecule has 128 valence electrons. The first-order valence-corrected chi connectivity index (χ1v) is 7.61. The number of nitrogens with zero attached hydrogens (tertiary/aromatic N) is 3. The fourth-order valence-corrected chi connectivity index (χ4v) is 2.54. The summed E-state index contributed by atoms with van der Waals surface area (Å²) < 4.78 is 13.0. The summed E-state index contributed by atoms with van der Waals surface area (Å²) in [4.78, 5) is 34.5. The van der Waals surface area contributed by atoms with Gasteiger partial charge < -0.3 is 9.47 Å². The molecule has 0 radical (unpaired) electrons. The van der Waals surface area contributed by atoms with Crippen LogP contribution in [0, 0.1) is 17.0 Å². The Morgan fingerprint density at radius 1 is 1.39 bits per heavy atom. The van der Waals surface area contributed by atoms with E-state index >= 15 is 0 Å². The van der Waals surface area contributed by atoms with E-state index in [1.165, 1.54) is 14.0 Å². The second-order valence-corrected chi connectivity index (χ2v) is 5.51. The summed E-state index contributed by atoms with van der Waals surface area (Å²) >= 11 is 0. The normalized spacial score (nSPS) is 18.1. The van der Waals surface area contributed by atoms with E-state index < -0.39 is 21.9 Å². The van der Waals surface area contributed by atoms with Gasteiger partial charge in [-0.15, -0.1) is 0 Å². The molecule has 0 spiro atoms. The first-order chi connectivity index (χ1) is 10.9. The molecule has 9 nitrogen and oxygen atoms in total. The quantitative estimate of drug-likeness (QED) is 0.432. The van der Waals surface area contributed by atoms with Gasteiger partial charge in [-0.25, -0.2) is 4.79 Å². The van der Waals surface area contributed by atoms with Gasteiger partial charge in [-0.1, -0.05) is 0 Å². The molecule has 23 heavy (non-hydrogen) atoms. The van der Waals surface area contributed by atoms with Crippen molar-refractivity contribution >= 4 is 5.69 Å². The summed E-state index contributed by atoms with van der Waals surface area (Å²) in [5, 5.41) is 11.0. The molecule has 0 aromatic carbocycles. The molecule has 0 bridgehead atoms. The molecule has 0 N–H and O–H groups in total. The van der Waals surface area contributed by atoms with Crippen molar-refractivity contribution in [2.75, 3.05) is 13.2 Å². The van der Waals surface area contributed by atoms with Crippen LogP contribution in [0.1, 0.15) is 31.4 Å². The van der Waals surface area contributed by atoms with Crippen LogP contribution in [0.15, 0.2) is 9.59 Å². The standard InChI is InChI=1S/C14H21N3O6/c1-10-12(17(20)21)13(18)16(14(19)15(10)2)7-5-9-23-11-6-3-4-8-22-11/h11H,3-9H2,1-2H3. The summed E-state index contributed by atoms with van der Waals surface area (Å²) in [6.45, 7) is 2.45. The highest BCUT2D eigenvalue weighted by Gasteiger charge is 2.23. The Hall–Kier alpha value is -2.00. The number of aromatic nitrogens is 2. The minimum Gasteiger partial charge on any atom is -0.353 e. The molecule has 1 atom stereocenters. The lowest BCUT2D eigenvalue weighted by Gasteiger charge is -2.22. The molecule has 1 fully saturated rings. The summed E-state index contributed by atoms with van der Waals surface area (Å²) in [5.41, 5.74) is -1.95. The highest BCUT2D eigenvalue weighted by Crippen LogP contribution is 2.14. The van der Waals surface area contributed by atoms with Crippen LogP contribution in [0.25, 0.3) is 0 Å². The van der Waals surface area contributed by atoms with Crippen molar-refractivity contribution in [3.05, 3.63) is 36.6 Å². The largest absolute Gasteiger partial charge is 0.353 e. The Kier molecular flexibility index (Phi) is 5.67. The van der Waals surface area contributed by atoms with Gasteiger partial charge >= 0.3 is 16.9 Å². The van der Waals surface area contributed by atoms with Crippen LogP contribution in [-0.4, -0.2) is 33.6 Å². The molecule has 0 amide bonds. The van der Waals surface area contributed by atoms with Gasteiger partial charge in [-0.2, -0.15) is 0 Å². The lowest BCUT2D eigenvalue weighted by molar-refractivity contribution is -0.387. The van der Waals surface area contributed by atoms with Gasteiger partial charge in [0, 0.05) is 20.2 Å². The monoisotopic (exact) mass is 327 g/mol. The summed E-state index contributed by atoms with van der Waals surface area (Å²) in [6, 6.07) is 0. The average molecular weight is 327 g/mol. The van der Waals surface area contributed by atoms with Crippen molar-refractivity contribution in [1.29, 1.82) is 0 Å². The van der Waals surface area contributed by atoms with Gasteiger partial charge in [0.2, 0.25) is 0 Å². The lowest BCUT2D eigenvalue weighted by atomic mass is 10.2. The molecular formula is C14H21N3O6. The fourth-order valence-electron chi connectivity index (χ4n) is 2.54. The van der Waals surface area contributed by atoms with E-state index in [0.717, 1.165) is 28.4 Å². The molecule has 9 heteroatoms. The van der Waals surface area contributed by atoms with Crippen LogP contribution in [0.2, 0.25) is 0 Å². The number of ether oxygens (including phenoxy) is 2. The van der Waals surface area contributed by atoms with Gasteiger partial charge in [0.05, 0.1) is 11.5 Å². The molecule has 0 saturated carbocycles. The van der Waals surface area contributed by atoms with Crippen molar-refractivity contribution in [2.24, 2.45) is 7.05 Å². The van der Waals surface area contributed by atoms with Gasteiger partial charge in [-0.3, -0.25) is 24.0 Å². The summed E-state index contributed by atoms with van der Waals surface area (Å²) in [7, 11) is 1.41. The number of hydrogen-bond acceptors (Lipinski definition) is 6. The Morgan fingerprint density at radius 2 is 2.13 bits per heavy atom. The highest BCUT2D eigenvalue weighted by molar-refractivity contribution is 5.31. The van der Waals surface area contributed by atoms with Crippen LogP contribution < -0.4 is 11.2 Å². The third kappa shape index (κ3) is 3.85. The number of hydrogen-bond donors (Lipinski definition) is 0. The summed E-state index contributed by atoms with van der Waals surface area (Å²) in [6.07, 6.45) is 3.07. The maximum Gasteiger partial charge on any atom is 0.353 e. The molecule has 1 unspecified atom stereocenters. The molecule has 1 aliphatic rings. The molecular weight excluding hydrogens is 306 g/mol. The minimum atomic E-state index is -0.871. The van der Waals surface area contributed by atoms with Gasteiger partial charge in [0.15, 0.2) is 6.29 Å². The Labute approximate surface area is 132 Å². The van der Waals surface area contributed by atoms with Crippen LogP contribution >= 0.6 is 0 Å². The molecule has 1 aromatic rings.